The van der Waals surface area contributed by atoms with Crippen molar-refractivity contribution in [2.24, 2.45) is 5.73 Å². The van der Waals surface area contributed by atoms with Crippen LogP contribution < -0.4 is 15.8 Å². The van der Waals surface area contributed by atoms with Crippen molar-refractivity contribution in [3.8, 4) is 5.88 Å². The maximum Gasteiger partial charge on any atom is 0.331 e. The maximum absolute atomic E-state index is 10.8. The molecule has 8 heteroatoms. The predicted octanol–water partition coefficient (Wildman–Crippen LogP) is 2.62. The van der Waals surface area contributed by atoms with Crippen molar-refractivity contribution < 1.29 is 9.66 Å². The topological polar surface area (TPSA) is 103 Å². The van der Waals surface area contributed by atoms with E-state index < -0.39 is 4.92 Å². The molecular weight excluding hydrogens is 296 g/mol. The Morgan fingerprint density at radius 2 is 2.14 bits per heavy atom. The van der Waals surface area contributed by atoms with Gasteiger partial charge in [-0.25, -0.2) is 0 Å². The summed E-state index contributed by atoms with van der Waals surface area (Å²) < 4.78 is 4.92. The van der Waals surface area contributed by atoms with E-state index in [4.69, 9.17) is 10.5 Å². The standard InChI is InChI=1S/C13H14N4O3.ClH/c1-20-13-11(17(18)19)5-6-12(16-13)15-10-4-2-3-9(7-10)8-14;/h2-7H,8,14H2,1H3,(H,15,16);1H. The molecule has 1 aromatic carbocycles. The number of aromatic nitrogens is 1. The number of benzene rings is 1. The van der Waals surface area contributed by atoms with Crippen LogP contribution in [-0.4, -0.2) is 17.0 Å². The monoisotopic (exact) mass is 310 g/mol. The van der Waals surface area contributed by atoms with Gasteiger partial charge in [-0.2, -0.15) is 4.98 Å². The molecule has 0 unspecified atom stereocenters. The fraction of sp³-hybridized carbons (Fsp3) is 0.154. The molecule has 112 valence electrons. The summed E-state index contributed by atoms with van der Waals surface area (Å²) in [5.41, 5.74) is 7.18. The Hall–Kier alpha value is -2.38. The van der Waals surface area contributed by atoms with E-state index in [1.54, 1.807) is 0 Å². The van der Waals surface area contributed by atoms with Crippen molar-refractivity contribution in [1.82, 2.24) is 4.98 Å². The minimum Gasteiger partial charge on any atom is -0.476 e. The molecule has 0 spiro atoms. The Bertz CT molecular complexity index is 637. The molecule has 0 saturated heterocycles. The molecule has 2 rings (SSSR count). The van der Waals surface area contributed by atoms with Gasteiger partial charge >= 0.3 is 5.69 Å². The van der Waals surface area contributed by atoms with Crippen LogP contribution in [0.3, 0.4) is 0 Å². The van der Waals surface area contributed by atoms with Crippen LogP contribution in [0.2, 0.25) is 0 Å². The third kappa shape index (κ3) is 4.04. The number of hydrogen-bond donors (Lipinski definition) is 2. The first-order valence-corrected chi connectivity index (χ1v) is 5.89. The molecule has 3 N–H and O–H groups in total. The lowest BCUT2D eigenvalue weighted by Crippen LogP contribution is -2.01. The highest BCUT2D eigenvalue weighted by Gasteiger charge is 2.16. The van der Waals surface area contributed by atoms with E-state index in [2.05, 4.69) is 10.3 Å². The second-order valence-corrected chi connectivity index (χ2v) is 4.01. The first-order valence-electron chi connectivity index (χ1n) is 5.89. The average Bonchev–Trinajstić information content (AvgIpc) is 2.47. The molecule has 1 aromatic heterocycles. The van der Waals surface area contributed by atoms with Crippen molar-refractivity contribution in [2.75, 3.05) is 12.4 Å². The summed E-state index contributed by atoms with van der Waals surface area (Å²) >= 11 is 0. The van der Waals surface area contributed by atoms with E-state index in [0.29, 0.717) is 12.4 Å². The SMILES string of the molecule is COc1nc(Nc2cccc(CN)c2)ccc1[N+](=O)[O-].Cl. The Kier molecular flexibility index (Phi) is 5.89. The molecule has 1 heterocycles. The Morgan fingerprint density at radius 1 is 1.38 bits per heavy atom. The van der Waals surface area contributed by atoms with Gasteiger partial charge in [-0.05, 0) is 23.8 Å². The van der Waals surface area contributed by atoms with Crippen LogP contribution in [0.25, 0.3) is 0 Å². The minimum absolute atomic E-state index is 0. The van der Waals surface area contributed by atoms with Gasteiger partial charge < -0.3 is 15.8 Å². The van der Waals surface area contributed by atoms with Gasteiger partial charge in [0.2, 0.25) is 0 Å². The molecule has 0 amide bonds. The molecular formula is C13H15ClN4O3. The van der Waals surface area contributed by atoms with Crippen LogP contribution >= 0.6 is 12.4 Å². The molecule has 0 aliphatic carbocycles. The third-order valence-electron chi connectivity index (χ3n) is 2.67. The van der Waals surface area contributed by atoms with Crippen molar-refractivity contribution in [3.05, 3.63) is 52.1 Å². The zero-order valence-corrected chi connectivity index (χ0v) is 12.1. The summed E-state index contributed by atoms with van der Waals surface area (Å²) in [7, 11) is 1.34. The number of nitrogens with one attached hydrogen (secondary N) is 1. The molecule has 0 bridgehead atoms. The molecule has 0 atom stereocenters. The Balaban J connectivity index is 0.00000220. The van der Waals surface area contributed by atoms with Gasteiger partial charge in [0.15, 0.2) is 0 Å². The summed E-state index contributed by atoms with van der Waals surface area (Å²) in [6.45, 7) is 0.437. The van der Waals surface area contributed by atoms with Gasteiger partial charge in [0.1, 0.15) is 5.82 Å². The summed E-state index contributed by atoms with van der Waals surface area (Å²) in [5, 5.41) is 13.8. The number of nitro groups is 1. The lowest BCUT2D eigenvalue weighted by atomic mass is 10.2. The zero-order chi connectivity index (χ0) is 14.5. The van der Waals surface area contributed by atoms with Gasteiger partial charge in [0, 0.05) is 18.3 Å². The highest BCUT2D eigenvalue weighted by Crippen LogP contribution is 2.27. The normalized spacial score (nSPS) is 9.62. The number of hydrogen-bond acceptors (Lipinski definition) is 6. The molecule has 0 aliphatic rings. The Labute approximate surface area is 127 Å². The van der Waals surface area contributed by atoms with E-state index >= 15 is 0 Å². The minimum atomic E-state index is -0.537. The van der Waals surface area contributed by atoms with Gasteiger partial charge in [-0.15, -0.1) is 12.4 Å². The zero-order valence-electron chi connectivity index (χ0n) is 11.3. The van der Waals surface area contributed by atoms with E-state index in [1.165, 1.54) is 19.2 Å². The maximum atomic E-state index is 10.8. The summed E-state index contributed by atoms with van der Waals surface area (Å²) in [5.74, 6) is 0.427. The molecule has 0 aliphatic heterocycles. The molecule has 0 fully saturated rings. The molecule has 2 aromatic rings. The summed E-state index contributed by atoms with van der Waals surface area (Å²) in [4.78, 5) is 14.3. The van der Waals surface area contributed by atoms with E-state index in [9.17, 15) is 10.1 Å². The van der Waals surface area contributed by atoms with Crippen molar-refractivity contribution in [3.63, 3.8) is 0 Å². The Morgan fingerprint density at radius 3 is 2.76 bits per heavy atom. The summed E-state index contributed by atoms with van der Waals surface area (Å²) in [6, 6.07) is 10.4. The van der Waals surface area contributed by atoms with Crippen LogP contribution in [0.1, 0.15) is 5.56 Å². The number of pyridine rings is 1. The largest absolute Gasteiger partial charge is 0.476 e. The fourth-order valence-electron chi connectivity index (χ4n) is 1.72. The van der Waals surface area contributed by atoms with Crippen molar-refractivity contribution in [2.45, 2.75) is 6.54 Å². The number of anilines is 2. The van der Waals surface area contributed by atoms with Crippen LogP contribution in [0.15, 0.2) is 36.4 Å². The van der Waals surface area contributed by atoms with Gasteiger partial charge in [-0.3, -0.25) is 10.1 Å². The van der Waals surface area contributed by atoms with E-state index in [1.807, 2.05) is 24.3 Å². The molecule has 21 heavy (non-hydrogen) atoms. The van der Waals surface area contributed by atoms with Gasteiger partial charge in [0.05, 0.1) is 12.0 Å². The smallest absolute Gasteiger partial charge is 0.331 e. The first-order chi connectivity index (χ1) is 9.63. The predicted molar refractivity (Wildman–Crippen MR) is 82.3 cm³/mol. The number of ether oxygens (including phenoxy) is 1. The lowest BCUT2D eigenvalue weighted by Gasteiger charge is -2.08. The number of nitrogens with two attached hydrogens (primary N) is 1. The first kappa shape index (κ1) is 16.7. The van der Waals surface area contributed by atoms with Crippen molar-refractivity contribution in [1.29, 1.82) is 0 Å². The highest BCUT2D eigenvalue weighted by atomic mass is 35.5. The summed E-state index contributed by atoms with van der Waals surface area (Å²) in [6.07, 6.45) is 0. The van der Waals surface area contributed by atoms with Crippen LogP contribution in [-0.2, 0) is 6.54 Å². The third-order valence-corrected chi connectivity index (χ3v) is 2.67. The van der Waals surface area contributed by atoms with E-state index in [-0.39, 0.29) is 24.0 Å². The number of nitrogens with zero attached hydrogens (tertiary/aromatic N) is 2. The van der Waals surface area contributed by atoms with Crippen molar-refractivity contribution >= 4 is 29.6 Å². The highest BCUT2D eigenvalue weighted by molar-refractivity contribution is 5.85. The number of halogens is 1. The molecule has 0 radical (unpaired) electrons. The average molecular weight is 311 g/mol. The number of rotatable bonds is 5. The van der Waals surface area contributed by atoms with Crippen LogP contribution in [0.5, 0.6) is 5.88 Å². The quantitative estimate of drug-likeness (QED) is 0.650. The van der Waals surface area contributed by atoms with Gasteiger partial charge in [-0.1, -0.05) is 12.1 Å². The molecule has 7 nitrogen and oxygen atoms in total. The second kappa shape index (κ2) is 7.41. The number of methoxy groups -OCH3 is 1. The van der Waals surface area contributed by atoms with Crippen LogP contribution in [0, 0.1) is 10.1 Å². The van der Waals surface area contributed by atoms with Crippen LogP contribution in [0.4, 0.5) is 17.2 Å². The lowest BCUT2D eigenvalue weighted by molar-refractivity contribution is -0.386. The fourth-order valence-corrected chi connectivity index (χ4v) is 1.72. The van der Waals surface area contributed by atoms with E-state index in [0.717, 1.165) is 11.3 Å². The molecule has 0 saturated carbocycles. The van der Waals surface area contributed by atoms with Gasteiger partial charge in [0.25, 0.3) is 5.88 Å². The second-order valence-electron chi connectivity index (χ2n) is 4.01.